The topological polar surface area (TPSA) is 21.3 Å². The van der Waals surface area contributed by atoms with Gasteiger partial charge in [-0.25, -0.2) is 5.48 Å². The minimum Gasteiger partial charge on any atom is -0.305 e. The molecule has 0 amide bonds. The third kappa shape index (κ3) is 1.92. The molecule has 0 saturated heterocycles. The van der Waals surface area contributed by atoms with Gasteiger partial charge < -0.3 is 4.84 Å². The average Bonchev–Trinajstić information content (AvgIpc) is 1.57. The van der Waals surface area contributed by atoms with E-state index >= 15 is 0 Å². The van der Waals surface area contributed by atoms with Gasteiger partial charge in [-0.1, -0.05) is 0 Å². The second kappa shape index (κ2) is 2.92. The van der Waals surface area contributed by atoms with Gasteiger partial charge in [0.2, 0.25) is 0 Å². The fourth-order valence-electron chi connectivity index (χ4n) is 0. The molecule has 0 spiro atoms. The van der Waals surface area contributed by atoms with Gasteiger partial charge in [-0.15, -0.1) is 0 Å². The van der Waals surface area contributed by atoms with Gasteiger partial charge in [-0.3, -0.25) is 0 Å². The van der Waals surface area contributed by atoms with Crippen LogP contribution in [-0.4, -0.2) is 14.0 Å². The molecule has 0 fully saturated rings. The van der Waals surface area contributed by atoms with Crippen molar-refractivity contribution < 1.29 is 13.1 Å². The van der Waals surface area contributed by atoms with E-state index in [2.05, 4.69) is 4.84 Å². The van der Waals surface area contributed by atoms with Crippen molar-refractivity contribution >= 4 is 0 Å². The van der Waals surface area contributed by atoms with E-state index in [-0.39, 0.29) is 0 Å². The zero-order valence-electron chi connectivity index (χ0n) is 7.91. The van der Waals surface area contributed by atoms with Gasteiger partial charge in [0.15, 0.2) is 0 Å². The molecule has 1 N–H and O–H groups in total. The molecule has 0 aromatic carbocycles. The van der Waals surface area contributed by atoms with E-state index in [0.717, 1.165) is 0 Å². The molecule has 0 radical (unpaired) electrons. The van der Waals surface area contributed by atoms with Gasteiger partial charge >= 0.3 is 0 Å². The van der Waals surface area contributed by atoms with Crippen LogP contribution in [0.25, 0.3) is 0 Å². The predicted octanol–water partition coefficient (Wildman–Crippen LogP) is -0.233. The van der Waals surface area contributed by atoms with Crippen LogP contribution in [0.4, 0.5) is 0 Å². The molecular weight excluding hydrogens is 54.0 g/mol. The smallest absolute Gasteiger partial charge is 0.0572 e. The van der Waals surface area contributed by atoms with Crippen molar-refractivity contribution in [1.82, 2.24) is 5.48 Å². The van der Waals surface area contributed by atoms with Crippen molar-refractivity contribution in [3.8, 4) is 0 Å². The monoisotopic (exact) mass is 67.1 g/mol. The number of hydrogen-bond acceptors (Lipinski definition) is 2. The maximum Gasteiger partial charge on any atom is 0.0572 e. The van der Waals surface area contributed by atoms with Crippen LogP contribution in [0.15, 0.2) is 0 Å². The van der Waals surface area contributed by atoms with E-state index in [1.807, 2.05) is 0 Å². The lowest BCUT2D eigenvalue weighted by molar-refractivity contribution is 0.112. The molecule has 0 aliphatic rings. The Labute approximate surface area is 34.2 Å². The summed E-state index contributed by atoms with van der Waals surface area (Å²) in [7, 11) is -2.71. The lowest BCUT2D eigenvalue weighted by atomic mass is 11.5. The maximum absolute atomic E-state index is 6.46. The van der Waals surface area contributed by atoms with Gasteiger partial charge in [0.05, 0.1) is 11.2 Å². The molecule has 0 heterocycles. The summed E-state index contributed by atoms with van der Waals surface area (Å²) < 4.78 is 38.6. The second-order valence-corrected chi connectivity index (χ2v) is 0.204. The van der Waals surface area contributed by atoms with E-state index in [0.29, 0.717) is 0 Å². The molecule has 0 bridgehead atoms. The molecule has 0 aliphatic carbocycles. The Morgan fingerprint density at radius 1 is 2.25 bits per heavy atom. The number of hydroxylamine groups is 1. The minimum atomic E-state index is -2.71. The molecule has 0 aliphatic heterocycles. The summed E-state index contributed by atoms with van der Waals surface area (Å²) in [5.41, 5.74) is 1.40. The number of nitrogens with one attached hydrogen (secondary N) is 1. The van der Waals surface area contributed by atoms with E-state index in [1.165, 1.54) is 5.48 Å². The molecule has 0 aromatic heterocycles. The van der Waals surface area contributed by atoms with E-state index in [1.54, 1.807) is 0 Å². The van der Waals surface area contributed by atoms with Crippen LogP contribution in [-0.2, 0) is 4.84 Å². The first-order chi connectivity index (χ1) is 4.21. The van der Waals surface area contributed by atoms with Gasteiger partial charge in [0.25, 0.3) is 0 Å². The first kappa shape index (κ1) is 0.420. The summed E-state index contributed by atoms with van der Waals surface area (Å²) in [4.78, 5) is 3.78. The van der Waals surface area contributed by atoms with Gasteiger partial charge in [0.1, 0.15) is 0 Å². The summed E-state index contributed by atoms with van der Waals surface area (Å²) in [6.45, 7) is -2.58. The number of hydrogen-bond donors (Lipinski definition) is 1. The van der Waals surface area contributed by atoms with Crippen molar-refractivity contribution in [2.75, 3.05) is 14.0 Å². The van der Waals surface area contributed by atoms with Crippen molar-refractivity contribution in [1.29, 1.82) is 0 Å². The van der Waals surface area contributed by atoms with Crippen LogP contribution < -0.4 is 5.48 Å². The average molecular weight is 67.1 g/mol. The Morgan fingerprint density at radius 3 is 3.50 bits per heavy atom. The van der Waals surface area contributed by atoms with Gasteiger partial charge in [0, 0.05) is 11.1 Å². The van der Waals surface area contributed by atoms with Crippen LogP contribution in [0.1, 0.15) is 8.22 Å². The standard InChI is InChI=1S/C2H7NO/c1-3-4-2/h3H,1-2H3/i1D3,2D3. The summed E-state index contributed by atoms with van der Waals surface area (Å²) in [5.74, 6) is 0. The first-order valence-corrected chi connectivity index (χ1v) is 0.658. The molecule has 0 rings (SSSR count). The normalized spacial score (nSPS) is 36.0. The molecule has 2 heteroatoms. The highest BCUT2D eigenvalue weighted by Gasteiger charge is 1.45. The molecule has 2 nitrogen and oxygen atoms in total. The molecule has 0 atom stereocenters. The maximum atomic E-state index is 6.46. The molecule has 0 aromatic rings. The Kier molecular flexibility index (Phi) is 0.307. The Hall–Kier alpha value is -0.0800. The molecule has 4 heavy (non-hydrogen) atoms. The highest BCUT2D eigenvalue weighted by atomic mass is 16.6. The van der Waals surface area contributed by atoms with Crippen LogP contribution in [0.3, 0.4) is 0 Å². The van der Waals surface area contributed by atoms with Gasteiger partial charge in [-0.05, 0) is 0 Å². The fourth-order valence-corrected chi connectivity index (χ4v) is 0. The summed E-state index contributed by atoms with van der Waals surface area (Å²) in [6.07, 6.45) is 0. The molecule has 0 saturated carbocycles. The third-order valence-corrected chi connectivity index (χ3v) is 0.0510. The third-order valence-electron chi connectivity index (χ3n) is 0.0510. The van der Waals surface area contributed by atoms with E-state index < -0.39 is 14.0 Å². The van der Waals surface area contributed by atoms with Crippen molar-refractivity contribution in [3.05, 3.63) is 0 Å². The predicted molar refractivity (Wildman–Crippen MR) is 16.1 cm³/mol. The quantitative estimate of drug-likeness (QED) is 0.428. The SMILES string of the molecule is [2H]C([2H])([2H])NOC([2H])([2H])[2H]. The van der Waals surface area contributed by atoms with E-state index in [4.69, 9.17) is 8.22 Å². The second-order valence-electron chi connectivity index (χ2n) is 0.204. The fraction of sp³-hybridized carbons (Fsp3) is 1.00. The molecular formula is C2H7NO. The summed E-state index contributed by atoms with van der Waals surface area (Å²) >= 11 is 0. The summed E-state index contributed by atoms with van der Waals surface area (Å²) in [5, 5.41) is 0. The van der Waals surface area contributed by atoms with Crippen molar-refractivity contribution in [3.63, 3.8) is 0 Å². The Bertz CT molecular complexity index is 89.3. The lowest BCUT2D eigenvalue weighted by Crippen LogP contribution is -2.00. The highest BCUT2D eigenvalue weighted by Crippen LogP contribution is 1.32. The molecule has 26 valence electrons. The van der Waals surface area contributed by atoms with Crippen molar-refractivity contribution in [2.24, 2.45) is 0 Å². The highest BCUT2D eigenvalue weighted by molar-refractivity contribution is 3.76. The van der Waals surface area contributed by atoms with Crippen molar-refractivity contribution in [2.45, 2.75) is 0 Å². The van der Waals surface area contributed by atoms with E-state index in [9.17, 15) is 0 Å². The number of rotatable bonds is 1. The van der Waals surface area contributed by atoms with Crippen LogP contribution >= 0.6 is 0 Å². The van der Waals surface area contributed by atoms with Crippen LogP contribution in [0.5, 0.6) is 0 Å². The summed E-state index contributed by atoms with van der Waals surface area (Å²) in [6, 6.07) is 0. The minimum absolute atomic E-state index is 1.40. The first-order valence-electron chi connectivity index (χ1n) is 3.66. The Morgan fingerprint density at radius 2 is 3.25 bits per heavy atom. The Balaban J connectivity index is 3.56. The zero-order valence-corrected chi connectivity index (χ0v) is 1.91. The lowest BCUT2D eigenvalue weighted by Gasteiger charge is -1.80. The van der Waals surface area contributed by atoms with Crippen LogP contribution in [0.2, 0.25) is 0 Å². The molecule has 0 unspecified atom stereocenters. The zero-order chi connectivity index (χ0) is 8.41. The van der Waals surface area contributed by atoms with Gasteiger partial charge in [-0.2, -0.15) is 0 Å². The largest absolute Gasteiger partial charge is 0.305 e. The van der Waals surface area contributed by atoms with Crippen LogP contribution in [0, 0.1) is 0 Å².